The van der Waals surface area contributed by atoms with Gasteiger partial charge in [-0.15, -0.1) is 5.10 Å². The summed E-state index contributed by atoms with van der Waals surface area (Å²) in [5.41, 5.74) is 6.11. The second kappa shape index (κ2) is 4.66. The fourth-order valence-electron chi connectivity index (χ4n) is 1.37. The molecule has 1 aromatic carbocycles. The molecule has 2 rings (SSSR count). The Morgan fingerprint density at radius 3 is 2.67 bits per heavy atom. The van der Waals surface area contributed by atoms with E-state index in [1.54, 1.807) is 0 Å². The molecule has 0 spiro atoms. The summed E-state index contributed by atoms with van der Waals surface area (Å²) < 4.78 is 0.896. The molecule has 0 saturated heterocycles. The summed E-state index contributed by atoms with van der Waals surface area (Å²) in [5.74, 6) is -0.284. The highest BCUT2D eigenvalue weighted by molar-refractivity contribution is 5.75. The van der Waals surface area contributed by atoms with Crippen molar-refractivity contribution >= 4 is 23.4 Å². The number of aromatic nitrogens is 3. The normalized spacial score (nSPS) is 10.1. The highest BCUT2D eigenvalue weighted by atomic mass is 16.2. The van der Waals surface area contributed by atoms with Crippen molar-refractivity contribution in [3.05, 3.63) is 35.8 Å². The predicted octanol–water partition coefficient (Wildman–Crippen LogP) is 0.743. The van der Waals surface area contributed by atoms with Crippen LogP contribution in [0, 0.1) is 5.41 Å². The van der Waals surface area contributed by atoms with E-state index in [0.717, 1.165) is 10.4 Å². The molecule has 18 heavy (non-hydrogen) atoms. The zero-order valence-electron chi connectivity index (χ0n) is 9.71. The number of carbonyl (C=O) groups excluding carboxylic acids is 1. The lowest BCUT2D eigenvalue weighted by Gasteiger charge is -2.08. The molecule has 4 N–H and O–H groups in total. The summed E-state index contributed by atoms with van der Waals surface area (Å²) in [5, 5.41) is 14.4. The van der Waals surface area contributed by atoms with Gasteiger partial charge in [-0.3, -0.25) is 10.2 Å². The molecule has 0 aliphatic carbocycles. The summed E-state index contributed by atoms with van der Waals surface area (Å²) in [6.45, 7) is 1.30. The summed E-state index contributed by atoms with van der Waals surface area (Å²) >= 11 is 0. The number of hydrogen-bond acceptors (Lipinski definition) is 6. The van der Waals surface area contributed by atoms with E-state index in [0.29, 0.717) is 0 Å². The molecule has 0 atom stereocenters. The minimum atomic E-state index is -0.398. The molecule has 0 amide bonds. The Hall–Kier alpha value is -2.70. The molecule has 7 nitrogen and oxygen atoms in total. The lowest BCUT2D eigenvalue weighted by Crippen LogP contribution is -2.31. The largest absolute Gasteiger partial charge is 0.380 e. The second-order valence-corrected chi connectivity index (χ2v) is 3.59. The van der Waals surface area contributed by atoms with Crippen LogP contribution in [0.2, 0.25) is 0 Å². The maximum absolute atomic E-state index is 11.3. The first-order valence-corrected chi connectivity index (χ1v) is 5.22. The molecule has 0 bridgehead atoms. The van der Waals surface area contributed by atoms with E-state index in [1.807, 2.05) is 30.3 Å². The molecule has 0 unspecified atom stereocenters. The number of rotatable bonds is 2. The van der Waals surface area contributed by atoms with E-state index in [9.17, 15) is 4.79 Å². The van der Waals surface area contributed by atoms with Crippen LogP contribution in [0.3, 0.4) is 0 Å². The van der Waals surface area contributed by atoms with Gasteiger partial charge in [0.05, 0.1) is 0 Å². The van der Waals surface area contributed by atoms with Crippen molar-refractivity contribution in [1.82, 2.24) is 14.8 Å². The maximum atomic E-state index is 11.3. The monoisotopic (exact) mass is 244 g/mol. The van der Waals surface area contributed by atoms with Gasteiger partial charge in [0.25, 0.3) is 0 Å². The Kier molecular flexibility index (Phi) is 3.05. The average Bonchev–Trinajstić information content (AvgIpc) is 2.34. The number of hydrogen-bond donors (Lipinski definition) is 3. The minimum absolute atomic E-state index is 0.0568. The van der Waals surface area contributed by atoms with Crippen molar-refractivity contribution in [3.8, 4) is 0 Å². The molecule has 2 aromatic rings. The third-order valence-corrected chi connectivity index (χ3v) is 2.20. The summed E-state index contributed by atoms with van der Waals surface area (Å²) in [7, 11) is 0. The second-order valence-electron chi connectivity index (χ2n) is 3.59. The van der Waals surface area contributed by atoms with Crippen molar-refractivity contribution in [2.45, 2.75) is 6.92 Å². The van der Waals surface area contributed by atoms with E-state index in [4.69, 9.17) is 11.1 Å². The third-order valence-electron chi connectivity index (χ3n) is 2.20. The number of anilines is 3. The van der Waals surface area contributed by atoms with Gasteiger partial charge in [-0.1, -0.05) is 18.2 Å². The lowest BCUT2D eigenvalue weighted by molar-refractivity contribution is 0.0913. The fourth-order valence-corrected chi connectivity index (χ4v) is 1.37. The van der Waals surface area contributed by atoms with Gasteiger partial charge in [-0.05, 0) is 12.1 Å². The van der Waals surface area contributed by atoms with E-state index in [2.05, 4.69) is 15.4 Å². The minimum Gasteiger partial charge on any atom is -0.380 e. The van der Waals surface area contributed by atoms with Crippen LogP contribution >= 0.6 is 0 Å². The number of para-hydroxylation sites is 1. The molecule has 0 aliphatic heterocycles. The van der Waals surface area contributed by atoms with Crippen molar-refractivity contribution in [2.75, 3.05) is 11.1 Å². The summed E-state index contributed by atoms with van der Waals surface area (Å²) in [6.07, 6.45) is 0. The number of nitrogens with zero attached hydrogens (tertiary/aromatic N) is 3. The van der Waals surface area contributed by atoms with E-state index < -0.39 is 5.91 Å². The van der Waals surface area contributed by atoms with Crippen LogP contribution in [0.15, 0.2) is 30.3 Å². The van der Waals surface area contributed by atoms with Crippen LogP contribution in [0.1, 0.15) is 11.7 Å². The molecule has 0 saturated carbocycles. The number of nitrogens with two attached hydrogens (primary N) is 1. The van der Waals surface area contributed by atoms with Gasteiger partial charge in [0.2, 0.25) is 11.9 Å². The quantitative estimate of drug-likeness (QED) is 0.721. The Bertz CT molecular complexity index is 634. The molecule has 92 valence electrons. The Balaban J connectivity index is 2.41. The highest BCUT2D eigenvalue weighted by Crippen LogP contribution is 2.10. The number of nitrogens with one attached hydrogen (secondary N) is 2. The van der Waals surface area contributed by atoms with Crippen molar-refractivity contribution in [1.29, 1.82) is 5.41 Å². The molecule has 1 aromatic heterocycles. The van der Waals surface area contributed by atoms with E-state index in [-0.39, 0.29) is 17.3 Å². The van der Waals surface area contributed by atoms with Crippen LogP contribution in [0.25, 0.3) is 0 Å². The van der Waals surface area contributed by atoms with Gasteiger partial charge in [0.1, 0.15) is 0 Å². The highest BCUT2D eigenvalue weighted by Gasteiger charge is 2.08. The topological polar surface area (TPSA) is 110 Å². The van der Waals surface area contributed by atoms with Crippen molar-refractivity contribution in [3.63, 3.8) is 0 Å². The summed E-state index contributed by atoms with van der Waals surface area (Å²) in [4.78, 5) is 15.2. The van der Waals surface area contributed by atoms with Gasteiger partial charge >= 0.3 is 0 Å². The molecular formula is C11H12N6O. The standard InChI is InChI=1S/C11H12N6O/c1-7(18)17-10(13)9(12)15-11(16-17)14-8-5-3-2-4-6-8/h2-6,13H,1H3,(H3,12,14,15,16). The molecule has 7 heteroatoms. The summed E-state index contributed by atoms with van der Waals surface area (Å²) in [6, 6.07) is 9.23. The third kappa shape index (κ3) is 2.34. The zero-order chi connectivity index (χ0) is 13.1. The SMILES string of the molecule is CC(=O)n1nc(Nc2ccccc2)nc(N)c1=N. The van der Waals surface area contributed by atoms with Gasteiger partial charge in [0, 0.05) is 12.6 Å². The fraction of sp³-hybridized carbons (Fsp3) is 0.0909. The molecule has 0 aliphatic rings. The van der Waals surface area contributed by atoms with Crippen molar-refractivity contribution < 1.29 is 4.79 Å². The first-order valence-electron chi connectivity index (χ1n) is 5.22. The maximum Gasteiger partial charge on any atom is 0.247 e. The zero-order valence-corrected chi connectivity index (χ0v) is 9.71. The van der Waals surface area contributed by atoms with E-state index >= 15 is 0 Å². The predicted molar refractivity (Wildman–Crippen MR) is 66.3 cm³/mol. The number of nitrogen functional groups attached to an aromatic ring is 1. The Labute approximate surface area is 103 Å². The number of benzene rings is 1. The molecule has 0 fully saturated rings. The molecule has 0 radical (unpaired) electrons. The Morgan fingerprint density at radius 2 is 2.06 bits per heavy atom. The molecular weight excluding hydrogens is 232 g/mol. The van der Waals surface area contributed by atoms with Crippen LogP contribution in [-0.4, -0.2) is 20.7 Å². The van der Waals surface area contributed by atoms with Crippen LogP contribution in [-0.2, 0) is 0 Å². The van der Waals surface area contributed by atoms with E-state index in [1.165, 1.54) is 6.92 Å². The van der Waals surface area contributed by atoms with Gasteiger partial charge in [-0.25, -0.2) is 0 Å². The van der Waals surface area contributed by atoms with Crippen molar-refractivity contribution in [2.24, 2.45) is 0 Å². The van der Waals surface area contributed by atoms with Gasteiger partial charge in [-0.2, -0.15) is 9.67 Å². The smallest absolute Gasteiger partial charge is 0.247 e. The van der Waals surface area contributed by atoms with Crippen LogP contribution in [0.4, 0.5) is 17.5 Å². The van der Waals surface area contributed by atoms with Gasteiger partial charge in [0.15, 0.2) is 11.3 Å². The lowest BCUT2D eigenvalue weighted by atomic mass is 10.3. The average molecular weight is 244 g/mol. The van der Waals surface area contributed by atoms with Gasteiger partial charge < -0.3 is 11.1 Å². The van der Waals surface area contributed by atoms with Crippen LogP contribution < -0.4 is 16.5 Å². The Morgan fingerprint density at radius 1 is 1.39 bits per heavy atom. The number of carbonyl (C=O) groups is 1. The van der Waals surface area contributed by atoms with Crippen LogP contribution in [0.5, 0.6) is 0 Å². The first kappa shape index (κ1) is 11.8. The molecule has 1 heterocycles. The first-order chi connectivity index (χ1) is 8.58.